The molecule has 0 bridgehead atoms. The predicted molar refractivity (Wildman–Crippen MR) is 113 cm³/mol. The fourth-order valence-corrected chi connectivity index (χ4v) is 4.18. The Kier molecular flexibility index (Phi) is 7.89. The number of nitrogens with one attached hydrogen (secondary N) is 1. The Bertz CT molecular complexity index is 842. The first-order chi connectivity index (χ1) is 14.0. The van der Waals surface area contributed by atoms with Gasteiger partial charge < -0.3 is 10.1 Å². The number of ether oxygens (including phenoxy) is 1. The van der Waals surface area contributed by atoms with Gasteiger partial charge in [0.1, 0.15) is 5.82 Å². The molecule has 0 saturated carbocycles. The number of hydrogen-bond donors (Lipinski definition) is 1. The number of hydrogen-bond acceptors (Lipinski definition) is 4. The summed E-state index contributed by atoms with van der Waals surface area (Å²) in [5.74, 6) is 0.858. The molecule has 0 aliphatic carbocycles. The zero-order valence-electron chi connectivity index (χ0n) is 16.5. The molecule has 2 aromatic rings. The van der Waals surface area contributed by atoms with Crippen LogP contribution in [-0.4, -0.2) is 42.0 Å². The minimum Gasteiger partial charge on any atom is -0.491 e. The summed E-state index contributed by atoms with van der Waals surface area (Å²) in [6.45, 7) is 5.35. The van der Waals surface area contributed by atoms with E-state index in [1.165, 1.54) is 23.1 Å². The Morgan fingerprint density at radius 1 is 1.17 bits per heavy atom. The van der Waals surface area contributed by atoms with Crippen molar-refractivity contribution in [3.8, 4) is 5.75 Å². The quantitative estimate of drug-likeness (QED) is 0.633. The molecule has 1 amide bonds. The maximum Gasteiger partial charge on any atom is 0.224 e. The van der Waals surface area contributed by atoms with Crippen molar-refractivity contribution in [3.05, 3.63) is 59.2 Å². The summed E-state index contributed by atoms with van der Waals surface area (Å²) in [4.78, 5) is 14.6. The van der Waals surface area contributed by atoms with E-state index >= 15 is 0 Å². The standard InChI is InChI=1S/C22H26F2N2O2S/c1-16-13-17(15-26-8-11-29-12-9-26)4-6-20(16)25-22(27)3-2-10-28-21-7-5-18(23)14-19(21)24/h4-7,13-14H,2-3,8-12,15H2,1H3,(H,25,27). The van der Waals surface area contributed by atoms with Gasteiger partial charge in [-0.1, -0.05) is 12.1 Å². The van der Waals surface area contributed by atoms with E-state index in [1.807, 2.05) is 24.8 Å². The third-order valence-electron chi connectivity index (χ3n) is 4.77. The molecule has 7 heteroatoms. The fraction of sp³-hybridized carbons (Fsp3) is 0.409. The molecule has 1 heterocycles. The van der Waals surface area contributed by atoms with Crippen molar-refractivity contribution in [2.45, 2.75) is 26.3 Å². The lowest BCUT2D eigenvalue weighted by Gasteiger charge is -2.26. The van der Waals surface area contributed by atoms with Crippen LogP contribution in [-0.2, 0) is 11.3 Å². The van der Waals surface area contributed by atoms with Crippen LogP contribution in [0.4, 0.5) is 14.5 Å². The molecule has 3 rings (SSSR count). The Morgan fingerprint density at radius 2 is 1.97 bits per heavy atom. The van der Waals surface area contributed by atoms with E-state index < -0.39 is 11.6 Å². The van der Waals surface area contributed by atoms with Gasteiger partial charge >= 0.3 is 0 Å². The number of rotatable bonds is 8. The molecule has 1 N–H and O–H groups in total. The number of thioether (sulfide) groups is 1. The van der Waals surface area contributed by atoms with E-state index in [0.29, 0.717) is 6.42 Å². The molecule has 0 spiro atoms. The highest BCUT2D eigenvalue weighted by atomic mass is 32.2. The third-order valence-corrected chi connectivity index (χ3v) is 5.72. The largest absolute Gasteiger partial charge is 0.491 e. The smallest absolute Gasteiger partial charge is 0.224 e. The summed E-state index contributed by atoms with van der Waals surface area (Å²) >= 11 is 2.00. The molecule has 2 aromatic carbocycles. The molecule has 29 heavy (non-hydrogen) atoms. The number of carbonyl (C=O) groups excluding carboxylic acids is 1. The normalized spacial score (nSPS) is 14.6. The molecule has 0 unspecified atom stereocenters. The number of carbonyl (C=O) groups is 1. The zero-order chi connectivity index (χ0) is 20.6. The molecule has 4 nitrogen and oxygen atoms in total. The number of nitrogens with zero attached hydrogens (tertiary/aromatic N) is 1. The molecular weight excluding hydrogens is 394 g/mol. The Morgan fingerprint density at radius 3 is 2.69 bits per heavy atom. The van der Waals surface area contributed by atoms with E-state index in [-0.39, 0.29) is 24.7 Å². The van der Waals surface area contributed by atoms with Gasteiger partial charge in [0, 0.05) is 49.3 Å². The summed E-state index contributed by atoms with van der Waals surface area (Å²) in [6.07, 6.45) is 0.697. The number of halogens is 2. The molecule has 1 aliphatic rings. The highest BCUT2D eigenvalue weighted by Crippen LogP contribution is 2.20. The maximum atomic E-state index is 13.5. The Labute approximate surface area is 174 Å². The van der Waals surface area contributed by atoms with Crippen LogP contribution in [0.3, 0.4) is 0 Å². The van der Waals surface area contributed by atoms with Gasteiger partial charge in [-0.2, -0.15) is 11.8 Å². The van der Waals surface area contributed by atoms with Crippen LogP contribution in [0.1, 0.15) is 24.0 Å². The Hall–Kier alpha value is -2.12. The highest BCUT2D eigenvalue weighted by Gasteiger charge is 2.12. The van der Waals surface area contributed by atoms with E-state index in [1.54, 1.807) is 0 Å². The second kappa shape index (κ2) is 10.6. The van der Waals surface area contributed by atoms with Gasteiger partial charge in [-0.25, -0.2) is 8.78 Å². The summed E-state index contributed by atoms with van der Waals surface area (Å²) in [5, 5.41) is 2.92. The van der Waals surface area contributed by atoms with Crippen LogP contribution in [0.5, 0.6) is 5.75 Å². The lowest BCUT2D eigenvalue weighted by atomic mass is 10.1. The van der Waals surface area contributed by atoms with Crippen LogP contribution in [0.15, 0.2) is 36.4 Å². The molecular formula is C22H26F2N2O2S. The lowest BCUT2D eigenvalue weighted by molar-refractivity contribution is -0.116. The average molecular weight is 421 g/mol. The minimum absolute atomic E-state index is 0.00876. The maximum absolute atomic E-state index is 13.5. The number of aryl methyl sites for hydroxylation is 1. The van der Waals surface area contributed by atoms with Crippen LogP contribution >= 0.6 is 11.8 Å². The summed E-state index contributed by atoms with van der Waals surface area (Å²) in [5.41, 5.74) is 3.09. The highest BCUT2D eigenvalue weighted by molar-refractivity contribution is 7.99. The van der Waals surface area contributed by atoms with Crippen LogP contribution < -0.4 is 10.1 Å². The molecule has 0 aromatic heterocycles. The van der Waals surface area contributed by atoms with Gasteiger partial charge in [-0.05, 0) is 42.7 Å². The number of anilines is 1. The molecule has 156 valence electrons. The second-order valence-electron chi connectivity index (χ2n) is 7.11. The topological polar surface area (TPSA) is 41.6 Å². The van der Waals surface area contributed by atoms with E-state index in [4.69, 9.17) is 4.74 Å². The van der Waals surface area contributed by atoms with Gasteiger partial charge in [-0.15, -0.1) is 0 Å². The van der Waals surface area contributed by atoms with Crippen LogP contribution in [0.2, 0.25) is 0 Å². The first-order valence-corrected chi connectivity index (χ1v) is 10.9. The number of benzene rings is 2. The summed E-state index contributed by atoms with van der Waals surface area (Å²) in [6, 6.07) is 9.30. The van der Waals surface area contributed by atoms with Crippen molar-refractivity contribution in [3.63, 3.8) is 0 Å². The van der Waals surface area contributed by atoms with Crippen molar-refractivity contribution in [2.24, 2.45) is 0 Å². The summed E-state index contributed by atoms with van der Waals surface area (Å²) < 4.78 is 31.6. The zero-order valence-corrected chi connectivity index (χ0v) is 17.4. The van der Waals surface area contributed by atoms with Crippen molar-refractivity contribution in [2.75, 3.05) is 36.5 Å². The molecule has 1 aliphatic heterocycles. The van der Waals surface area contributed by atoms with Gasteiger partial charge in [0.25, 0.3) is 0 Å². The van der Waals surface area contributed by atoms with Crippen molar-refractivity contribution >= 4 is 23.4 Å². The lowest BCUT2D eigenvalue weighted by Crippen LogP contribution is -2.31. The van der Waals surface area contributed by atoms with Crippen LogP contribution in [0, 0.1) is 18.6 Å². The van der Waals surface area contributed by atoms with E-state index in [0.717, 1.165) is 43.0 Å². The Balaban J connectivity index is 1.42. The number of amides is 1. The van der Waals surface area contributed by atoms with E-state index in [9.17, 15) is 13.6 Å². The predicted octanol–water partition coefficient (Wildman–Crippen LogP) is 4.62. The first-order valence-electron chi connectivity index (χ1n) is 9.78. The van der Waals surface area contributed by atoms with Crippen molar-refractivity contribution in [1.82, 2.24) is 4.90 Å². The molecule has 1 fully saturated rings. The monoisotopic (exact) mass is 420 g/mol. The third kappa shape index (κ3) is 6.72. The van der Waals surface area contributed by atoms with Crippen molar-refractivity contribution in [1.29, 1.82) is 0 Å². The molecule has 0 atom stereocenters. The second-order valence-corrected chi connectivity index (χ2v) is 8.34. The van der Waals surface area contributed by atoms with Gasteiger partial charge in [0.15, 0.2) is 11.6 Å². The molecule has 1 saturated heterocycles. The molecule has 0 radical (unpaired) electrons. The summed E-state index contributed by atoms with van der Waals surface area (Å²) in [7, 11) is 0. The van der Waals surface area contributed by atoms with Gasteiger partial charge in [-0.3, -0.25) is 9.69 Å². The van der Waals surface area contributed by atoms with Crippen LogP contribution in [0.25, 0.3) is 0 Å². The minimum atomic E-state index is -0.742. The fourth-order valence-electron chi connectivity index (χ4n) is 3.20. The first kappa shape index (κ1) is 21.6. The average Bonchev–Trinajstić information content (AvgIpc) is 2.69. The van der Waals surface area contributed by atoms with Gasteiger partial charge in [0.05, 0.1) is 6.61 Å². The van der Waals surface area contributed by atoms with Crippen molar-refractivity contribution < 1.29 is 18.3 Å². The van der Waals surface area contributed by atoms with E-state index in [2.05, 4.69) is 22.3 Å². The van der Waals surface area contributed by atoms with Gasteiger partial charge in [0.2, 0.25) is 5.91 Å². The SMILES string of the molecule is Cc1cc(CN2CCSCC2)ccc1NC(=O)CCCOc1ccc(F)cc1F.